The van der Waals surface area contributed by atoms with Gasteiger partial charge in [-0.15, -0.1) is 0 Å². The van der Waals surface area contributed by atoms with Crippen molar-refractivity contribution in [3.05, 3.63) is 23.7 Å². The number of amides is 1. The Kier molecular flexibility index (Phi) is 4.03. The van der Waals surface area contributed by atoms with Crippen molar-refractivity contribution in [2.24, 2.45) is 0 Å². The number of alkyl carbamates (subject to hydrolysis) is 1. The van der Waals surface area contributed by atoms with Crippen LogP contribution in [0.2, 0.25) is 0 Å². The van der Waals surface area contributed by atoms with E-state index in [1.807, 2.05) is 12.1 Å². The summed E-state index contributed by atoms with van der Waals surface area (Å²) in [6.07, 6.45) is 1.88. The van der Waals surface area contributed by atoms with E-state index in [-0.39, 0.29) is 0 Å². The van der Waals surface area contributed by atoms with Gasteiger partial charge in [-0.05, 0) is 38.4 Å². The molecule has 5 heteroatoms. The summed E-state index contributed by atoms with van der Waals surface area (Å²) in [7, 11) is 0. The van der Waals surface area contributed by atoms with Crippen LogP contribution in [-0.2, 0) is 11.3 Å². The minimum Gasteiger partial charge on any atom is -0.463 e. The Balaban J connectivity index is 1.83. The van der Waals surface area contributed by atoms with Gasteiger partial charge < -0.3 is 19.8 Å². The third-order valence-corrected chi connectivity index (χ3v) is 2.77. The summed E-state index contributed by atoms with van der Waals surface area (Å²) in [5, 5.41) is 5.99. The third kappa shape index (κ3) is 3.23. The van der Waals surface area contributed by atoms with Crippen LogP contribution in [0, 0.1) is 0 Å². The first-order chi connectivity index (χ1) is 8.29. The standard InChI is InChI=1S/C12H18N2O3/c1-2-16-12(15)14-8-9-5-6-11(17-9)10-4-3-7-13-10/h5-6,10,13H,2-4,7-8H2,1H3,(H,14,15). The van der Waals surface area contributed by atoms with Crippen LogP contribution in [0.4, 0.5) is 4.79 Å². The number of ether oxygens (including phenoxy) is 1. The molecule has 0 spiro atoms. The fourth-order valence-corrected chi connectivity index (χ4v) is 1.95. The van der Waals surface area contributed by atoms with Gasteiger partial charge in [-0.3, -0.25) is 0 Å². The Morgan fingerprint density at radius 1 is 1.65 bits per heavy atom. The molecule has 0 radical (unpaired) electrons. The summed E-state index contributed by atoms with van der Waals surface area (Å²) in [5.41, 5.74) is 0. The van der Waals surface area contributed by atoms with E-state index in [0.717, 1.165) is 24.5 Å². The Hall–Kier alpha value is -1.49. The molecule has 5 nitrogen and oxygen atoms in total. The first-order valence-corrected chi connectivity index (χ1v) is 6.02. The van der Waals surface area contributed by atoms with E-state index >= 15 is 0 Å². The highest BCUT2D eigenvalue weighted by Gasteiger charge is 2.19. The molecular formula is C12H18N2O3. The Labute approximate surface area is 101 Å². The SMILES string of the molecule is CCOC(=O)NCc1ccc(C2CCCN2)o1. The molecule has 1 amide bonds. The lowest BCUT2D eigenvalue weighted by Crippen LogP contribution is -2.23. The van der Waals surface area contributed by atoms with E-state index in [2.05, 4.69) is 10.6 Å². The fourth-order valence-electron chi connectivity index (χ4n) is 1.95. The number of hydrogen-bond donors (Lipinski definition) is 2. The van der Waals surface area contributed by atoms with E-state index in [1.165, 1.54) is 6.42 Å². The molecule has 1 saturated heterocycles. The quantitative estimate of drug-likeness (QED) is 0.841. The summed E-state index contributed by atoms with van der Waals surface area (Å²) < 4.78 is 10.4. The van der Waals surface area contributed by atoms with Crippen molar-refractivity contribution >= 4 is 6.09 Å². The first-order valence-electron chi connectivity index (χ1n) is 6.02. The summed E-state index contributed by atoms with van der Waals surface area (Å²) in [5.74, 6) is 1.70. The molecule has 0 bridgehead atoms. The van der Waals surface area contributed by atoms with Crippen LogP contribution in [-0.4, -0.2) is 19.2 Å². The lowest BCUT2D eigenvalue weighted by Gasteiger charge is -2.06. The normalized spacial score (nSPS) is 19.2. The van der Waals surface area contributed by atoms with Gasteiger partial charge in [-0.2, -0.15) is 0 Å². The van der Waals surface area contributed by atoms with Gasteiger partial charge in [0.2, 0.25) is 0 Å². The molecule has 2 N–H and O–H groups in total. The van der Waals surface area contributed by atoms with Crippen LogP contribution in [0.1, 0.15) is 37.3 Å². The second kappa shape index (κ2) is 5.72. The maximum absolute atomic E-state index is 11.1. The molecule has 1 aromatic heterocycles. The van der Waals surface area contributed by atoms with Gasteiger partial charge in [0.05, 0.1) is 19.2 Å². The number of furan rings is 1. The summed E-state index contributed by atoms with van der Waals surface area (Å²) in [6, 6.07) is 4.18. The Morgan fingerprint density at radius 2 is 2.53 bits per heavy atom. The molecule has 0 aromatic carbocycles. The lowest BCUT2D eigenvalue weighted by molar-refractivity contribution is 0.150. The number of nitrogens with one attached hydrogen (secondary N) is 2. The molecule has 1 aliphatic heterocycles. The molecule has 0 aliphatic carbocycles. The predicted molar refractivity (Wildman–Crippen MR) is 62.5 cm³/mol. The minimum atomic E-state index is -0.413. The minimum absolute atomic E-state index is 0.325. The van der Waals surface area contributed by atoms with Crippen molar-refractivity contribution in [1.29, 1.82) is 0 Å². The van der Waals surface area contributed by atoms with E-state index in [9.17, 15) is 4.79 Å². The van der Waals surface area contributed by atoms with Crippen LogP contribution in [0.3, 0.4) is 0 Å². The zero-order chi connectivity index (χ0) is 12.1. The molecule has 2 rings (SSSR count). The molecule has 1 aromatic rings. The second-order valence-electron chi connectivity index (χ2n) is 4.03. The Bertz CT molecular complexity index is 370. The van der Waals surface area contributed by atoms with Crippen molar-refractivity contribution in [1.82, 2.24) is 10.6 Å². The van der Waals surface area contributed by atoms with Crippen molar-refractivity contribution in [3.63, 3.8) is 0 Å². The molecule has 1 atom stereocenters. The van der Waals surface area contributed by atoms with Gasteiger partial charge in [-0.1, -0.05) is 0 Å². The van der Waals surface area contributed by atoms with Gasteiger partial charge in [0.25, 0.3) is 0 Å². The van der Waals surface area contributed by atoms with Crippen molar-refractivity contribution in [2.75, 3.05) is 13.2 Å². The molecule has 2 heterocycles. The highest BCUT2D eigenvalue weighted by Crippen LogP contribution is 2.24. The van der Waals surface area contributed by atoms with E-state index in [0.29, 0.717) is 19.2 Å². The van der Waals surface area contributed by atoms with Crippen LogP contribution in [0.15, 0.2) is 16.5 Å². The van der Waals surface area contributed by atoms with Crippen molar-refractivity contribution < 1.29 is 13.9 Å². The zero-order valence-electron chi connectivity index (χ0n) is 9.99. The number of carbonyl (C=O) groups is 1. The number of rotatable bonds is 4. The maximum atomic E-state index is 11.1. The average Bonchev–Trinajstić information content (AvgIpc) is 2.97. The number of carbonyl (C=O) groups excluding carboxylic acids is 1. The highest BCUT2D eigenvalue weighted by molar-refractivity contribution is 5.66. The van der Waals surface area contributed by atoms with Crippen LogP contribution in [0.25, 0.3) is 0 Å². The lowest BCUT2D eigenvalue weighted by atomic mass is 10.2. The van der Waals surface area contributed by atoms with Gasteiger partial charge in [0.15, 0.2) is 0 Å². The van der Waals surface area contributed by atoms with Crippen LogP contribution < -0.4 is 10.6 Å². The smallest absolute Gasteiger partial charge is 0.407 e. The predicted octanol–water partition coefficient (Wildman–Crippen LogP) is 1.95. The highest BCUT2D eigenvalue weighted by atomic mass is 16.5. The molecule has 1 unspecified atom stereocenters. The molecule has 1 fully saturated rings. The summed E-state index contributed by atoms with van der Waals surface area (Å²) in [6.45, 7) is 3.56. The Morgan fingerprint density at radius 3 is 3.24 bits per heavy atom. The van der Waals surface area contributed by atoms with Gasteiger partial charge >= 0.3 is 6.09 Å². The summed E-state index contributed by atoms with van der Waals surface area (Å²) >= 11 is 0. The third-order valence-electron chi connectivity index (χ3n) is 2.77. The van der Waals surface area contributed by atoms with E-state index in [4.69, 9.17) is 9.15 Å². The van der Waals surface area contributed by atoms with Crippen molar-refractivity contribution in [2.45, 2.75) is 32.4 Å². The van der Waals surface area contributed by atoms with E-state index < -0.39 is 6.09 Å². The monoisotopic (exact) mass is 238 g/mol. The first kappa shape index (κ1) is 12.0. The molecule has 1 aliphatic rings. The molecular weight excluding hydrogens is 220 g/mol. The summed E-state index contributed by atoms with van der Waals surface area (Å²) in [4.78, 5) is 11.1. The topological polar surface area (TPSA) is 63.5 Å². The van der Waals surface area contributed by atoms with E-state index in [1.54, 1.807) is 6.92 Å². The average molecular weight is 238 g/mol. The van der Waals surface area contributed by atoms with Gasteiger partial charge in [0, 0.05) is 0 Å². The van der Waals surface area contributed by atoms with Gasteiger partial charge in [-0.25, -0.2) is 4.79 Å². The molecule has 17 heavy (non-hydrogen) atoms. The van der Waals surface area contributed by atoms with Gasteiger partial charge in [0.1, 0.15) is 11.5 Å². The number of hydrogen-bond acceptors (Lipinski definition) is 4. The molecule has 0 saturated carbocycles. The van der Waals surface area contributed by atoms with Crippen molar-refractivity contribution in [3.8, 4) is 0 Å². The molecule has 94 valence electrons. The largest absolute Gasteiger partial charge is 0.463 e. The van der Waals surface area contributed by atoms with Crippen LogP contribution in [0.5, 0.6) is 0 Å². The fraction of sp³-hybridized carbons (Fsp3) is 0.583. The van der Waals surface area contributed by atoms with Crippen LogP contribution >= 0.6 is 0 Å². The second-order valence-corrected chi connectivity index (χ2v) is 4.03. The zero-order valence-corrected chi connectivity index (χ0v) is 9.99. The maximum Gasteiger partial charge on any atom is 0.407 e.